The van der Waals surface area contributed by atoms with Gasteiger partial charge in [-0.2, -0.15) is 0 Å². The minimum absolute atomic E-state index is 0.0213. The molecular formula is C10H7NO3S2. The Hall–Kier alpha value is -1.53. The first kappa shape index (κ1) is 11.0. The smallest absolute Gasteiger partial charge is 0.289 e. The van der Waals surface area contributed by atoms with Crippen molar-refractivity contribution >= 4 is 40.3 Å². The van der Waals surface area contributed by atoms with Crippen molar-refractivity contribution in [3.05, 3.63) is 28.7 Å². The fourth-order valence-electron chi connectivity index (χ4n) is 1.22. The maximum atomic E-state index is 11.0. The standard InChI is InChI=1S/C10H7NO3S2/c12-6-1-2-7(13)5(3-6)4-8-9(15)11-10(14)16-8/h1-4,12-13H,(H,11,14,15). The molecule has 0 saturated carbocycles. The number of hydrogen-bond donors (Lipinski definition) is 3. The first-order chi connectivity index (χ1) is 7.56. The molecule has 0 bridgehead atoms. The second-order valence-corrected chi connectivity index (χ2v) is 4.52. The van der Waals surface area contributed by atoms with Gasteiger partial charge in [0.15, 0.2) is 0 Å². The maximum Gasteiger partial charge on any atom is 0.289 e. The monoisotopic (exact) mass is 253 g/mol. The van der Waals surface area contributed by atoms with Gasteiger partial charge in [0, 0.05) is 5.56 Å². The predicted octanol–water partition coefficient (Wildman–Crippen LogP) is 2.22. The lowest BCUT2D eigenvalue weighted by molar-refractivity contribution is 0.265. The van der Waals surface area contributed by atoms with E-state index < -0.39 is 0 Å². The number of amides is 1. The molecule has 0 unspecified atom stereocenters. The number of phenolic OH excluding ortho intramolecular Hbond substituents is 2. The fraction of sp³-hybridized carbons (Fsp3) is 0. The molecule has 82 valence electrons. The predicted molar refractivity (Wildman–Crippen MR) is 66.5 cm³/mol. The van der Waals surface area contributed by atoms with Crippen molar-refractivity contribution in [2.75, 3.05) is 0 Å². The van der Waals surface area contributed by atoms with Crippen LogP contribution in [0.1, 0.15) is 5.56 Å². The summed E-state index contributed by atoms with van der Waals surface area (Å²) in [6, 6.07) is 4.15. The molecule has 1 aromatic carbocycles. The Kier molecular flexibility index (Phi) is 2.84. The van der Waals surface area contributed by atoms with Crippen LogP contribution in [0, 0.1) is 0 Å². The van der Waals surface area contributed by atoms with Crippen LogP contribution in [0.15, 0.2) is 23.1 Å². The lowest BCUT2D eigenvalue weighted by Crippen LogP contribution is -2.15. The van der Waals surface area contributed by atoms with Crippen molar-refractivity contribution in [2.45, 2.75) is 0 Å². The Labute approximate surface area is 101 Å². The third-order valence-corrected chi connectivity index (χ3v) is 3.22. The lowest BCUT2D eigenvalue weighted by atomic mass is 10.2. The number of carbonyl (C=O) groups is 1. The van der Waals surface area contributed by atoms with E-state index in [0.717, 1.165) is 11.8 Å². The van der Waals surface area contributed by atoms with Gasteiger partial charge < -0.3 is 15.5 Å². The quantitative estimate of drug-likeness (QED) is 0.407. The van der Waals surface area contributed by atoms with Crippen LogP contribution < -0.4 is 5.32 Å². The van der Waals surface area contributed by atoms with Gasteiger partial charge in [-0.05, 0) is 36.0 Å². The minimum Gasteiger partial charge on any atom is -0.508 e. The molecule has 1 saturated heterocycles. The van der Waals surface area contributed by atoms with Gasteiger partial charge in [0.05, 0.1) is 4.91 Å². The summed E-state index contributed by atoms with van der Waals surface area (Å²) in [5.41, 5.74) is 0.418. The number of phenols is 2. The van der Waals surface area contributed by atoms with Gasteiger partial charge in [-0.1, -0.05) is 12.2 Å². The molecule has 0 spiro atoms. The third kappa shape index (κ3) is 2.17. The number of thiocarbonyl (C=S) groups is 1. The summed E-state index contributed by atoms with van der Waals surface area (Å²) in [5.74, 6) is 0.0610. The Balaban J connectivity index is 2.39. The molecule has 1 heterocycles. The molecule has 2 rings (SSSR count). The molecule has 1 amide bonds. The van der Waals surface area contributed by atoms with Crippen LogP contribution in [0.4, 0.5) is 4.79 Å². The normalized spacial score (nSPS) is 17.9. The van der Waals surface area contributed by atoms with Crippen LogP contribution in [0.3, 0.4) is 0 Å². The van der Waals surface area contributed by atoms with Gasteiger partial charge in [0.25, 0.3) is 5.24 Å². The summed E-state index contributed by atoms with van der Waals surface area (Å²) in [5, 5.41) is 21.0. The Morgan fingerprint density at radius 1 is 1.38 bits per heavy atom. The number of hydrogen-bond acceptors (Lipinski definition) is 5. The van der Waals surface area contributed by atoms with Gasteiger partial charge in [-0.3, -0.25) is 4.79 Å². The van der Waals surface area contributed by atoms with E-state index in [-0.39, 0.29) is 16.7 Å². The van der Waals surface area contributed by atoms with Crippen molar-refractivity contribution in [3.8, 4) is 11.5 Å². The maximum absolute atomic E-state index is 11.0. The molecule has 1 aromatic rings. The van der Waals surface area contributed by atoms with E-state index in [1.54, 1.807) is 6.08 Å². The van der Waals surface area contributed by atoms with E-state index in [2.05, 4.69) is 5.32 Å². The number of benzene rings is 1. The number of rotatable bonds is 1. The van der Waals surface area contributed by atoms with Crippen LogP contribution in [-0.4, -0.2) is 20.4 Å². The van der Waals surface area contributed by atoms with Crippen LogP contribution in [-0.2, 0) is 0 Å². The average molecular weight is 253 g/mol. The van der Waals surface area contributed by atoms with Crippen molar-refractivity contribution in [1.82, 2.24) is 5.32 Å². The van der Waals surface area contributed by atoms with Gasteiger partial charge in [0.2, 0.25) is 0 Å². The molecule has 0 atom stereocenters. The summed E-state index contributed by atoms with van der Waals surface area (Å²) in [6.45, 7) is 0. The van der Waals surface area contributed by atoms with Crippen LogP contribution >= 0.6 is 24.0 Å². The van der Waals surface area contributed by atoms with E-state index >= 15 is 0 Å². The molecule has 1 aliphatic rings. The number of thioether (sulfide) groups is 1. The van der Waals surface area contributed by atoms with Crippen molar-refractivity contribution in [1.29, 1.82) is 0 Å². The highest BCUT2D eigenvalue weighted by molar-refractivity contribution is 8.19. The number of nitrogens with one attached hydrogen (secondary N) is 1. The highest BCUT2D eigenvalue weighted by Gasteiger charge is 2.21. The van der Waals surface area contributed by atoms with Crippen molar-refractivity contribution in [3.63, 3.8) is 0 Å². The van der Waals surface area contributed by atoms with Crippen LogP contribution in [0.5, 0.6) is 11.5 Å². The summed E-state index contributed by atoms with van der Waals surface area (Å²) in [7, 11) is 0. The summed E-state index contributed by atoms with van der Waals surface area (Å²) in [4.78, 5) is 11.9. The molecule has 16 heavy (non-hydrogen) atoms. The topological polar surface area (TPSA) is 69.6 Å². The highest BCUT2D eigenvalue weighted by Crippen LogP contribution is 2.30. The lowest BCUT2D eigenvalue weighted by Gasteiger charge is -2.00. The van der Waals surface area contributed by atoms with Gasteiger partial charge >= 0.3 is 0 Å². The van der Waals surface area contributed by atoms with Gasteiger partial charge in [0.1, 0.15) is 16.5 Å². The zero-order chi connectivity index (χ0) is 11.7. The van der Waals surface area contributed by atoms with Gasteiger partial charge in [-0.15, -0.1) is 0 Å². The molecule has 3 N–H and O–H groups in total. The number of aromatic hydroxyl groups is 2. The van der Waals surface area contributed by atoms with E-state index in [9.17, 15) is 15.0 Å². The van der Waals surface area contributed by atoms with Crippen LogP contribution in [0.2, 0.25) is 0 Å². The van der Waals surface area contributed by atoms with Crippen molar-refractivity contribution < 1.29 is 15.0 Å². The summed E-state index contributed by atoms with van der Waals surface area (Å²) >= 11 is 5.89. The summed E-state index contributed by atoms with van der Waals surface area (Å²) < 4.78 is 0. The third-order valence-electron chi connectivity index (χ3n) is 1.94. The van der Waals surface area contributed by atoms with E-state index in [1.807, 2.05) is 0 Å². The Morgan fingerprint density at radius 3 is 2.75 bits per heavy atom. The van der Waals surface area contributed by atoms with Crippen molar-refractivity contribution in [2.24, 2.45) is 0 Å². The zero-order valence-electron chi connectivity index (χ0n) is 7.93. The van der Waals surface area contributed by atoms with Crippen LogP contribution in [0.25, 0.3) is 6.08 Å². The molecule has 6 heteroatoms. The highest BCUT2D eigenvalue weighted by atomic mass is 32.2. The molecule has 1 fully saturated rings. The molecule has 0 aromatic heterocycles. The Morgan fingerprint density at radius 2 is 2.12 bits per heavy atom. The SMILES string of the molecule is O=C1NC(=S)C(=Cc2cc(O)ccc2O)S1. The largest absolute Gasteiger partial charge is 0.508 e. The fourth-order valence-corrected chi connectivity index (χ4v) is 2.24. The molecule has 0 aliphatic carbocycles. The van der Waals surface area contributed by atoms with E-state index in [4.69, 9.17) is 12.2 Å². The first-order valence-corrected chi connectivity index (χ1v) is 5.55. The average Bonchev–Trinajstić information content (AvgIpc) is 2.51. The second kappa shape index (κ2) is 4.15. The van der Waals surface area contributed by atoms with E-state index in [0.29, 0.717) is 15.5 Å². The second-order valence-electron chi connectivity index (χ2n) is 3.10. The minimum atomic E-state index is -0.240. The summed E-state index contributed by atoms with van der Waals surface area (Å²) in [6.07, 6.45) is 1.56. The molecule has 4 nitrogen and oxygen atoms in total. The molecular weight excluding hydrogens is 246 g/mol. The molecule has 0 radical (unpaired) electrons. The number of carbonyl (C=O) groups excluding carboxylic acids is 1. The Bertz CT molecular complexity index is 511. The van der Waals surface area contributed by atoms with Gasteiger partial charge in [-0.25, -0.2) is 0 Å². The first-order valence-electron chi connectivity index (χ1n) is 4.33. The zero-order valence-corrected chi connectivity index (χ0v) is 9.56. The molecule has 1 aliphatic heterocycles. The van der Waals surface area contributed by atoms with E-state index in [1.165, 1.54) is 18.2 Å².